The van der Waals surface area contributed by atoms with Crippen LogP contribution in [0.25, 0.3) is 0 Å². The number of hydrogen-bond donors (Lipinski definition) is 2. The number of rotatable bonds is 10. The van der Waals surface area contributed by atoms with E-state index < -0.39 is 10.0 Å². The van der Waals surface area contributed by atoms with Crippen molar-refractivity contribution in [1.82, 2.24) is 14.9 Å². The van der Waals surface area contributed by atoms with E-state index >= 15 is 0 Å². The quantitative estimate of drug-likeness (QED) is 0.365. The van der Waals surface area contributed by atoms with Gasteiger partial charge in [-0.05, 0) is 45.4 Å². The Labute approximate surface area is 157 Å². The number of nitrogens with one attached hydrogen (secondary N) is 2. The van der Waals surface area contributed by atoms with Crippen LogP contribution in [0.3, 0.4) is 0 Å². The summed E-state index contributed by atoms with van der Waals surface area (Å²) in [6.45, 7) is 10.9. The third-order valence-corrected chi connectivity index (χ3v) is 5.88. The Morgan fingerprint density at radius 1 is 1.19 bits per heavy atom. The Hall–Kier alpha value is -1.64. The Morgan fingerprint density at radius 3 is 2.38 bits per heavy atom. The maximum atomic E-state index is 12.5. The number of ether oxygens (including phenoxy) is 1. The van der Waals surface area contributed by atoms with Gasteiger partial charge in [0.15, 0.2) is 5.96 Å². The summed E-state index contributed by atoms with van der Waals surface area (Å²) in [6.07, 6.45) is 0. The molecule has 26 heavy (non-hydrogen) atoms. The first kappa shape index (κ1) is 22.4. The number of sulfonamides is 1. The van der Waals surface area contributed by atoms with E-state index in [1.165, 1.54) is 4.31 Å². The van der Waals surface area contributed by atoms with Crippen molar-refractivity contribution in [2.24, 2.45) is 4.99 Å². The molecule has 0 saturated heterocycles. The lowest BCUT2D eigenvalue weighted by Gasteiger charge is -2.21. The molecule has 0 amide bonds. The molecule has 0 fully saturated rings. The molecule has 1 aromatic carbocycles. The van der Waals surface area contributed by atoms with Gasteiger partial charge in [-0.2, -0.15) is 4.31 Å². The molecular weight excluding hydrogens is 352 g/mol. The summed E-state index contributed by atoms with van der Waals surface area (Å²) >= 11 is 0. The first-order valence-electron chi connectivity index (χ1n) is 8.99. The third-order valence-electron chi connectivity index (χ3n) is 3.83. The van der Waals surface area contributed by atoms with Gasteiger partial charge in [0.05, 0.1) is 18.0 Å². The minimum atomic E-state index is -3.45. The summed E-state index contributed by atoms with van der Waals surface area (Å²) in [7, 11) is -1.86. The van der Waals surface area contributed by atoms with Crippen molar-refractivity contribution in [2.75, 3.05) is 33.4 Å². The first-order chi connectivity index (χ1) is 12.3. The second-order valence-electron chi connectivity index (χ2n) is 6.08. The highest BCUT2D eigenvalue weighted by Gasteiger charge is 2.22. The monoisotopic (exact) mass is 384 g/mol. The van der Waals surface area contributed by atoms with E-state index in [0.717, 1.165) is 12.1 Å². The number of guanidine groups is 1. The molecule has 0 unspecified atom stereocenters. The third kappa shape index (κ3) is 6.93. The molecule has 0 spiro atoms. The van der Waals surface area contributed by atoms with Gasteiger partial charge in [-0.1, -0.05) is 12.1 Å². The summed E-state index contributed by atoms with van der Waals surface area (Å²) in [5, 5.41) is 6.37. The van der Waals surface area contributed by atoms with Gasteiger partial charge < -0.3 is 15.4 Å². The number of nitrogens with zero attached hydrogens (tertiary/aromatic N) is 2. The highest BCUT2D eigenvalue weighted by molar-refractivity contribution is 7.89. The van der Waals surface area contributed by atoms with Gasteiger partial charge >= 0.3 is 0 Å². The predicted octanol–water partition coefficient (Wildman–Crippen LogP) is 1.81. The molecule has 1 aromatic rings. The van der Waals surface area contributed by atoms with Crippen LogP contribution in [0.1, 0.15) is 33.3 Å². The second kappa shape index (κ2) is 11.2. The van der Waals surface area contributed by atoms with Crippen LogP contribution in [0, 0.1) is 0 Å². The van der Waals surface area contributed by atoms with Crippen LogP contribution in [0.15, 0.2) is 34.2 Å². The van der Waals surface area contributed by atoms with Gasteiger partial charge in [-0.15, -0.1) is 0 Å². The number of benzene rings is 1. The highest BCUT2D eigenvalue weighted by atomic mass is 32.2. The van der Waals surface area contributed by atoms with Crippen molar-refractivity contribution in [1.29, 1.82) is 0 Å². The molecule has 0 radical (unpaired) electrons. The second-order valence-corrected chi connectivity index (χ2v) is 8.08. The molecule has 0 aromatic heterocycles. The van der Waals surface area contributed by atoms with Gasteiger partial charge in [-0.25, -0.2) is 13.4 Å². The van der Waals surface area contributed by atoms with E-state index in [-0.39, 0.29) is 6.04 Å². The summed E-state index contributed by atoms with van der Waals surface area (Å²) in [5.41, 5.74) is 0.943. The van der Waals surface area contributed by atoms with Gasteiger partial charge in [0.1, 0.15) is 0 Å². The predicted molar refractivity (Wildman–Crippen MR) is 106 cm³/mol. The van der Waals surface area contributed by atoms with Crippen LogP contribution in [-0.4, -0.2) is 58.1 Å². The van der Waals surface area contributed by atoms with E-state index in [1.807, 2.05) is 27.7 Å². The van der Waals surface area contributed by atoms with Crippen molar-refractivity contribution in [3.63, 3.8) is 0 Å². The largest absolute Gasteiger partial charge is 0.380 e. The topological polar surface area (TPSA) is 83.0 Å². The average molecular weight is 385 g/mol. The van der Waals surface area contributed by atoms with Crippen LogP contribution in [0.5, 0.6) is 0 Å². The Balaban J connectivity index is 2.75. The molecule has 0 bridgehead atoms. The van der Waals surface area contributed by atoms with Crippen LogP contribution in [-0.2, 0) is 21.3 Å². The van der Waals surface area contributed by atoms with E-state index in [2.05, 4.69) is 15.6 Å². The van der Waals surface area contributed by atoms with E-state index in [4.69, 9.17) is 4.74 Å². The normalized spacial score (nSPS) is 12.7. The molecule has 0 aliphatic carbocycles. The van der Waals surface area contributed by atoms with Crippen molar-refractivity contribution in [3.8, 4) is 0 Å². The zero-order valence-corrected chi connectivity index (χ0v) is 17.3. The van der Waals surface area contributed by atoms with Gasteiger partial charge in [0.2, 0.25) is 10.0 Å². The van der Waals surface area contributed by atoms with Crippen molar-refractivity contribution < 1.29 is 13.2 Å². The summed E-state index contributed by atoms with van der Waals surface area (Å²) in [4.78, 5) is 4.81. The van der Waals surface area contributed by atoms with Crippen LogP contribution in [0.4, 0.5) is 0 Å². The smallest absolute Gasteiger partial charge is 0.243 e. The lowest BCUT2D eigenvalue weighted by Crippen LogP contribution is -2.39. The fourth-order valence-corrected chi connectivity index (χ4v) is 3.48. The van der Waals surface area contributed by atoms with E-state index in [9.17, 15) is 8.42 Å². The van der Waals surface area contributed by atoms with Crippen molar-refractivity contribution in [2.45, 2.75) is 45.2 Å². The highest BCUT2D eigenvalue weighted by Crippen LogP contribution is 2.17. The van der Waals surface area contributed by atoms with Crippen molar-refractivity contribution in [3.05, 3.63) is 29.8 Å². The molecule has 2 N–H and O–H groups in total. The van der Waals surface area contributed by atoms with Crippen LogP contribution < -0.4 is 10.6 Å². The van der Waals surface area contributed by atoms with Gasteiger partial charge in [-0.3, -0.25) is 0 Å². The zero-order valence-electron chi connectivity index (χ0n) is 16.4. The molecule has 1 rings (SSSR count). The van der Waals surface area contributed by atoms with Gasteiger partial charge in [0, 0.05) is 32.8 Å². The minimum absolute atomic E-state index is 0.0882. The van der Waals surface area contributed by atoms with Crippen molar-refractivity contribution >= 4 is 16.0 Å². The number of hydrogen-bond acceptors (Lipinski definition) is 4. The fourth-order valence-electron chi connectivity index (χ4n) is 2.11. The number of aliphatic imine (C=N–C) groups is 1. The summed E-state index contributed by atoms with van der Waals surface area (Å²) < 4.78 is 31.6. The van der Waals surface area contributed by atoms with E-state index in [0.29, 0.717) is 37.2 Å². The first-order valence-corrected chi connectivity index (χ1v) is 10.4. The molecule has 8 heteroatoms. The van der Waals surface area contributed by atoms with Crippen LogP contribution >= 0.6 is 0 Å². The molecule has 0 aliphatic heterocycles. The molecular formula is C18H32N4O3S. The summed E-state index contributed by atoms with van der Waals surface area (Å²) in [6, 6.07) is 6.78. The lowest BCUT2D eigenvalue weighted by molar-refractivity contribution is 0.152. The fraction of sp³-hybridized carbons (Fsp3) is 0.611. The molecule has 0 saturated carbocycles. The van der Waals surface area contributed by atoms with E-state index in [1.54, 1.807) is 31.3 Å². The lowest BCUT2D eigenvalue weighted by atomic mass is 10.2. The minimum Gasteiger partial charge on any atom is -0.380 e. The average Bonchev–Trinajstić information content (AvgIpc) is 2.62. The maximum Gasteiger partial charge on any atom is 0.243 e. The zero-order chi connectivity index (χ0) is 19.6. The molecule has 0 heterocycles. The SMILES string of the molecule is CCNC(=NCc1ccc(S(=O)(=O)N(C)C(C)C)cc1)NCCOCC. The Morgan fingerprint density at radius 2 is 1.85 bits per heavy atom. The standard InChI is InChI=1S/C18H32N4O3S/c1-6-19-18(20-12-13-25-7-2)21-14-16-8-10-17(11-9-16)26(23,24)22(5)15(3)4/h8-11,15H,6-7,12-14H2,1-5H3,(H2,19,20,21). The molecule has 7 nitrogen and oxygen atoms in total. The van der Waals surface area contributed by atoms with Crippen LogP contribution in [0.2, 0.25) is 0 Å². The summed E-state index contributed by atoms with van der Waals surface area (Å²) in [5.74, 6) is 0.712. The Bertz CT molecular complexity index is 658. The molecule has 0 aliphatic rings. The Kier molecular flexibility index (Phi) is 9.61. The molecule has 148 valence electrons. The maximum absolute atomic E-state index is 12.5. The van der Waals surface area contributed by atoms with Gasteiger partial charge in [0.25, 0.3) is 0 Å². The molecule has 0 atom stereocenters.